The number of benzene rings is 1. The molecule has 1 unspecified atom stereocenters. The molecular formula is C18H19NO2S. The molecule has 2 aromatic rings. The van der Waals surface area contributed by atoms with Gasteiger partial charge >= 0.3 is 0 Å². The van der Waals surface area contributed by atoms with Crippen molar-refractivity contribution in [1.82, 2.24) is 0 Å². The molecule has 1 aliphatic carbocycles. The van der Waals surface area contributed by atoms with Crippen LogP contribution in [0.2, 0.25) is 0 Å². The standard InChI is InChI=1S/C18H19NO2S/c1-11-15(19)9-18(2,17(11)20)16-8-13(10-22-16)12-5-4-6-14(7-12)21-3/h4-8,10-11,19H,9H2,1-3H3/t11?,18-/m0/s1. The fourth-order valence-corrected chi connectivity index (χ4v) is 4.13. The highest BCUT2D eigenvalue weighted by Crippen LogP contribution is 2.43. The normalized spacial score (nSPS) is 24.8. The van der Waals surface area contributed by atoms with E-state index >= 15 is 0 Å². The van der Waals surface area contributed by atoms with Crippen molar-refractivity contribution in [3.05, 3.63) is 40.6 Å². The maximum absolute atomic E-state index is 12.5. The highest BCUT2D eigenvalue weighted by Gasteiger charge is 2.47. The third kappa shape index (κ3) is 2.28. The molecule has 0 amide bonds. The molecule has 2 atom stereocenters. The molecule has 1 saturated carbocycles. The zero-order valence-electron chi connectivity index (χ0n) is 13.0. The SMILES string of the molecule is COc1cccc(-c2csc([C@]3(C)CC(=N)C(C)C3=O)c2)c1. The minimum Gasteiger partial charge on any atom is -0.497 e. The molecule has 3 rings (SSSR count). The maximum atomic E-state index is 12.5. The smallest absolute Gasteiger partial charge is 0.152 e. The topological polar surface area (TPSA) is 50.1 Å². The minimum absolute atomic E-state index is 0.163. The molecule has 0 radical (unpaired) electrons. The van der Waals surface area contributed by atoms with Crippen LogP contribution >= 0.6 is 11.3 Å². The molecular weight excluding hydrogens is 294 g/mol. The second-order valence-corrected chi connectivity index (χ2v) is 6.96. The molecule has 0 saturated heterocycles. The van der Waals surface area contributed by atoms with E-state index < -0.39 is 5.41 Å². The second-order valence-electron chi connectivity index (χ2n) is 6.05. The lowest BCUT2D eigenvalue weighted by Gasteiger charge is -2.19. The number of Topliss-reactive ketones (excluding diaryl/α,β-unsaturated/α-hetero) is 1. The van der Waals surface area contributed by atoms with Crippen molar-refractivity contribution < 1.29 is 9.53 Å². The Morgan fingerprint density at radius 1 is 1.32 bits per heavy atom. The summed E-state index contributed by atoms with van der Waals surface area (Å²) >= 11 is 1.60. The summed E-state index contributed by atoms with van der Waals surface area (Å²) in [5.74, 6) is 0.729. The summed E-state index contributed by atoms with van der Waals surface area (Å²) in [5, 5.41) is 10.1. The predicted molar refractivity (Wildman–Crippen MR) is 90.2 cm³/mol. The Balaban J connectivity index is 1.97. The molecule has 1 fully saturated rings. The first-order chi connectivity index (χ1) is 10.5. The van der Waals surface area contributed by atoms with E-state index in [1.165, 1.54) is 0 Å². The highest BCUT2D eigenvalue weighted by atomic mass is 32.1. The van der Waals surface area contributed by atoms with Gasteiger partial charge in [0, 0.05) is 17.0 Å². The van der Waals surface area contributed by atoms with Crippen molar-refractivity contribution in [2.24, 2.45) is 5.92 Å². The molecule has 1 aliphatic rings. The zero-order valence-corrected chi connectivity index (χ0v) is 13.8. The summed E-state index contributed by atoms with van der Waals surface area (Å²) < 4.78 is 5.27. The van der Waals surface area contributed by atoms with E-state index in [0.717, 1.165) is 21.8 Å². The summed E-state index contributed by atoms with van der Waals surface area (Å²) in [6.45, 7) is 3.81. The number of thiophene rings is 1. The van der Waals surface area contributed by atoms with Gasteiger partial charge in [0.2, 0.25) is 0 Å². The number of hydrogen-bond acceptors (Lipinski definition) is 4. The lowest BCUT2D eigenvalue weighted by Crippen LogP contribution is -2.28. The van der Waals surface area contributed by atoms with Crippen LogP contribution in [0.1, 0.15) is 25.1 Å². The van der Waals surface area contributed by atoms with Gasteiger partial charge in [-0.25, -0.2) is 0 Å². The Labute approximate surface area is 134 Å². The molecule has 22 heavy (non-hydrogen) atoms. The van der Waals surface area contributed by atoms with Crippen LogP contribution in [0, 0.1) is 11.3 Å². The van der Waals surface area contributed by atoms with Crippen molar-refractivity contribution in [2.45, 2.75) is 25.7 Å². The average molecular weight is 313 g/mol. The number of ether oxygens (including phenoxy) is 1. The van der Waals surface area contributed by atoms with E-state index in [1.807, 2.05) is 38.1 Å². The quantitative estimate of drug-likeness (QED) is 0.918. The molecule has 1 aromatic heterocycles. The van der Waals surface area contributed by atoms with Gasteiger partial charge in [0.1, 0.15) is 5.75 Å². The Hall–Kier alpha value is -1.94. The van der Waals surface area contributed by atoms with Crippen LogP contribution in [-0.2, 0) is 10.2 Å². The van der Waals surface area contributed by atoms with Crippen LogP contribution in [0.15, 0.2) is 35.7 Å². The van der Waals surface area contributed by atoms with E-state index in [-0.39, 0.29) is 11.7 Å². The van der Waals surface area contributed by atoms with Crippen molar-refractivity contribution in [3.8, 4) is 16.9 Å². The largest absolute Gasteiger partial charge is 0.497 e. The average Bonchev–Trinajstić information content (AvgIpc) is 3.09. The molecule has 114 valence electrons. The number of ketones is 1. The lowest BCUT2D eigenvalue weighted by molar-refractivity contribution is -0.123. The van der Waals surface area contributed by atoms with Crippen LogP contribution in [-0.4, -0.2) is 18.6 Å². The highest BCUT2D eigenvalue weighted by molar-refractivity contribution is 7.10. The van der Waals surface area contributed by atoms with Crippen molar-refractivity contribution >= 4 is 22.8 Å². The molecule has 1 aromatic carbocycles. The molecule has 4 heteroatoms. The maximum Gasteiger partial charge on any atom is 0.152 e. The Morgan fingerprint density at radius 2 is 2.09 bits per heavy atom. The molecule has 1 N–H and O–H groups in total. The van der Waals surface area contributed by atoms with E-state index in [4.69, 9.17) is 10.1 Å². The zero-order chi connectivity index (χ0) is 15.9. The molecule has 0 bridgehead atoms. The number of methoxy groups -OCH3 is 1. The van der Waals surface area contributed by atoms with Gasteiger partial charge in [-0.3, -0.25) is 4.79 Å². The summed E-state index contributed by atoms with van der Waals surface area (Å²) in [7, 11) is 1.66. The molecule has 3 nitrogen and oxygen atoms in total. The third-order valence-electron chi connectivity index (χ3n) is 4.55. The van der Waals surface area contributed by atoms with Gasteiger partial charge in [-0.05, 0) is 41.6 Å². The van der Waals surface area contributed by atoms with Crippen molar-refractivity contribution in [3.63, 3.8) is 0 Å². The van der Waals surface area contributed by atoms with Gasteiger partial charge in [0.15, 0.2) is 5.78 Å². The van der Waals surface area contributed by atoms with Gasteiger partial charge < -0.3 is 10.1 Å². The first kappa shape index (κ1) is 15.0. The first-order valence-corrected chi connectivity index (χ1v) is 8.19. The lowest BCUT2D eigenvalue weighted by atomic mass is 9.84. The summed E-state index contributed by atoms with van der Waals surface area (Å²) in [5.41, 5.74) is 2.18. The van der Waals surface area contributed by atoms with E-state index in [1.54, 1.807) is 18.4 Å². The van der Waals surface area contributed by atoms with Gasteiger partial charge in [-0.2, -0.15) is 0 Å². The Bertz CT molecular complexity index is 749. The van der Waals surface area contributed by atoms with Crippen LogP contribution in [0.3, 0.4) is 0 Å². The van der Waals surface area contributed by atoms with Crippen LogP contribution in [0.25, 0.3) is 11.1 Å². The van der Waals surface area contributed by atoms with Gasteiger partial charge in [-0.15, -0.1) is 11.3 Å². The van der Waals surface area contributed by atoms with Crippen molar-refractivity contribution in [1.29, 1.82) is 5.41 Å². The number of rotatable bonds is 3. The second kappa shape index (κ2) is 5.36. The Morgan fingerprint density at radius 3 is 2.73 bits per heavy atom. The monoisotopic (exact) mass is 313 g/mol. The Kier molecular flexibility index (Phi) is 3.65. The first-order valence-electron chi connectivity index (χ1n) is 7.31. The molecule has 0 aliphatic heterocycles. The molecule has 1 heterocycles. The minimum atomic E-state index is -0.543. The predicted octanol–water partition coefficient (Wildman–Crippen LogP) is 4.31. The van der Waals surface area contributed by atoms with E-state index in [2.05, 4.69) is 11.4 Å². The van der Waals surface area contributed by atoms with Crippen LogP contribution in [0.5, 0.6) is 5.75 Å². The fraction of sp³-hybridized carbons (Fsp3) is 0.333. The summed E-state index contributed by atoms with van der Waals surface area (Å²) in [6.07, 6.45) is 0.533. The van der Waals surface area contributed by atoms with E-state index in [9.17, 15) is 4.79 Å². The van der Waals surface area contributed by atoms with Crippen LogP contribution in [0.4, 0.5) is 0 Å². The van der Waals surface area contributed by atoms with Crippen molar-refractivity contribution in [2.75, 3.05) is 7.11 Å². The number of nitrogens with one attached hydrogen (secondary N) is 1. The number of carbonyl (C=O) groups excluding carboxylic acids is 1. The fourth-order valence-electron chi connectivity index (χ4n) is 3.05. The van der Waals surface area contributed by atoms with Gasteiger partial charge in [0.05, 0.1) is 18.4 Å². The third-order valence-corrected chi connectivity index (χ3v) is 5.74. The van der Waals surface area contributed by atoms with Gasteiger partial charge in [-0.1, -0.05) is 19.1 Å². The number of hydrogen-bond donors (Lipinski definition) is 1. The summed E-state index contributed by atoms with van der Waals surface area (Å²) in [6, 6.07) is 10.0. The summed E-state index contributed by atoms with van der Waals surface area (Å²) in [4.78, 5) is 13.6. The number of carbonyl (C=O) groups is 1. The molecule has 0 spiro atoms. The van der Waals surface area contributed by atoms with E-state index in [0.29, 0.717) is 12.1 Å². The van der Waals surface area contributed by atoms with Gasteiger partial charge in [0.25, 0.3) is 0 Å². The van der Waals surface area contributed by atoms with Crippen LogP contribution < -0.4 is 4.74 Å².